The van der Waals surface area contributed by atoms with E-state index in [0.717, 1.165) is 5.56 Å². The number of aromatic hydroxyl groups is 1. The molecule has 0 aliphatic heterocycles. The van der Waals surface area contributed by atoms with Crippen LogP contribution < -0.4 is 4.74 Å². The molecular weight excluding hydrogens is 363 g/mol. The lowest BCUT2D eigenvalue weighted by molar-refractivity contribution is 0.373. The Labute approximate surface area is 159 Å². The number of phenols is 1. The molecule has 2 aromatic carbocycles. The SMILES string of the molecule is COc1cc(CN=Nc2ncnc3c2cnn3-c2cccc(F)c2)ccc1O. The second-order valence-corrected chi connectivity index (χ2v) is 5.88. The summed E-state index contributed by atoms with van der Waals surface area (Å²) in [5.74, 6) is 0.428. The lowest BCUT2D eigenvalue weighted by atomic mass is 10.2. The average molecular weight is 378 g/mol. The van der Waals surface area contributed by atoms with Gasteiger partial charge in [-0.05, 0) is 35.9 Å². The second-order valence-electron chi connectivity index (χ2n) is 5.88. The van der Waals surface area contributed by atoms with Crippen LogP contribution in [0.25, 0.3) is 16.7 Å². The molecule has 0 unspecified atom stereocenters. The topological polar surface area (TPSA) is 97.8 Å². The Morgan fingerprint density at radius 3 is 2.89 bits per heavy atom. The van der Waals surface area contributed by atoms with Crippen LogP contribution in [0, 0.1) is 5.82 Å². The number of halogens is 1. The first-order chi connectivity index (χ1) is 13.7. The zero-order valence-electron chi connectivity index (χ0n) is 14.8. The molecule has 0 atom stereocenters. The van der Waals surface area contributed by atoms with E-state index in [1.54, 1.807) is 30.5 Å². The van der Waals surface area contributed by atoms with Gasteiger partial charge in [0.1, 0.15) is 12.1 Å². The third kappa shape index (κ3) is 3.37. The van der Waals surface area contributed by atoms with E-state index in [1.165, 1.54) is 36.3 Å². The first kappa shape index (κ1) is 17.5. The molecule has 0 radical (unpaired) electrons. The van der Waals surface area contributed by atoms with Crippen molar-refractivity contribution in [1.29, 1.82) is 0 Å². The lowest BCUT2D eigenvalue weighted by Crippen LogP contribution is -1.98. The van der Waals surface area contributed by atoms with Gasteiger partial charge in [0.05, 0.1) is 30.9 Å². The van der Waals surface area contributed by atoms with Crippen molar-refractivity contribution in [3.05, 3.63) is 66.4 Å². The fourth-order valence-corrected chi connectivity index (χ4v) is 2.71. The fourth-order valence-electron chi connectivity index (χ4n) is 2.71. The zero-order valence-corrected chi connectivity index (χ0v) is 14.8. The van der Waals surface area contributed by atoms with Gasteiger partial charge in [-0.15, -0.1) is 5.11 Å². The molecule has 0 saturated heterocycles. The van der Waals surface area contributed by atoms with Crippen LogP contribution in [0.1, 0.15) is 5.56 Å². The predicted octanol–water partition coefficient (Wildman–Crippen LogP) is 3.95. The Balaban J connectivity index is 1.62. The van der Waals surface area contributed by atoms with Gasteiger partial charge < -0.3 is 9.84 Å². The Kier molecular flexibility index (Phi) is 4.63. The van der Waals surface area contributed by atoms with Crippen molar-refractivity contribution in [2.75, 3.05) is 7.11 Å². The first-order valence-corrected chi connectivity index (χ1v) is 8.34. The molecule has 0 aliphatic rings. The molecule has 9 heteroatoms. The van der Waals surface area contributed by atoms with Gasteiger partial charge in [0.15, 0.2) is 23.0 Å². The van der Waals surface area contributed by atoms with Crippen molar-refractivity contribution < 1.29 is 14.2 Å². The Morgan fingerprint density at radius 1 is 1.18 bits per heavy atom. The molecule has 0 spiro atoms. The Morgan fingerprint density at radius 2 is 2.07 bits per heavy atom. The Bertz CT molecular complexity index is 1170. The molecule has 4 aromatic rings. The van der Waals surface area contributed by atoms with E-state index in [9.17, 15) is 9.50 Å². The minimum absolute atomic E-state index is 0.0606. The van der Waals surface area contributed by atoms with E-state index >= 15 is 0 Å². The number of benzene rings is 2. The summed E-state index contributed by atoms with van der Waals surface area (Å²) < 4.78 is 20.1. The molecule has 140 valence electrons. The van der Waals surface area contributed by atoms with Crippen molar-refractivity contribution >= 4 is 16.9 Å². The van der Waals surface area contributed by atoms with Crippen LogP contribution in [0.15, 0.2) is 65.2 Å². The van der Waals surface area contributed by atoms with E-state index < -0.39 is 0 Å². The van der Waals surface area contributed by atoms with Crippen molar-refractivity contribution in [2.24, 2.45) is 10.2 Å². The van der Waals surface area contributed by atoms with Crippen molar-refractivity contribution in [1.82, 2.24) is 19.7 Å². The summed E-state index contributed by atoms with van der Waals surface area (Å²) in [5, 5.41) is 22.8. The van der Waals surface area contributed by atoms with Crippen LogP contribution in [0.5, 0.6) is 11.5 Å². The normalized spacial score (nSPS) is 11.4. The van der Waals surface area contributed by atoms with Crippen molar-refractivity contribution in [2.45, 2.75) is 6.54 Å². The maximum Gasteiger partial charge on any atom is 0.188 e. The third-order valence-electron chi connectivity index (χ3n) is 4.06. The second kappa shape index (κ2) is 7.39. The number of hydrogen-bond donors (Lipinski definition) is 1. The molecule has 2 aromatic heterocycles. The quantitative estimate of drug-likeness (QED) is 0.530. The molecule has 0 bridgehead atoms. The summed E-state index contributed by atoms with van der Waals surface area (Å²) in [6, 6.07) is 11.0. The number of ether oxygens (including phenoxy) is 1. The standard InChI is InChI=1S/C19H15FN6O2/c1-28-17-7-12(5-6-16(17)27)9-23-25-18-15-10-24-26(19(15)22-11-21-18)14-4-2-3-13(20)8-14/h2-8,10-11,27H,9H2,1H3. The van der Waals surface area contributed by atoms with Crippen LogP contribution in [0.3, 0.4) is 0 Å². The maximum atomic E-state index is 13.5. The van der Waals surface area contributed by atoms with E-state index in [0.29, 0.717) is 28.3 Å². The molecule has 0 amide bonds. The summed E-state index contributed by atoms with van der Waals surface area (Å²) in [5.41, 5.74) is 1.87. The van der Waals surface area contributed by atoms with Gasteiger partial charge in [-0.2, -0.15) is 10.2 Å². The first-order valence-electron chi connectivity index (χ1n) is 8.34. The van der Waals surface area contributed by atoms with Crippen LogP contribution in [-0.4, -0.2) is 32.0 Å². The number of hydrogen-bond acceptors (Lipinski definition) is 7. The molecule has 0 saturated carbocycles. The minimum atomic E-state index is -0.362. The highest BCUT2D eigenvalue weighted by Gasteiger charge is 2.11. The van der Waals surface area contributed by atoms with Crippen LogP contribution in [0.2, 0.25) is 0 Å². The number of phenolic OH excluding ortho intramolecular Hbond substituents is 1. The number of methoxy groups -OCH3 is 1. The average Bonchev–Trinajstić information content (AvgIpc) is 3.14. The van der Waals surface area contributed by atoms with Gasteiger partial charge in [0.25, 0.3) is 0 Å². The van der Waals surface area contributed by atoms with Gasteiger partial charge in [0, 0.05) is 0 Å². The zero-order chi connectivity index (χ0) is 19.5. The van der Waals surface area contributed by atoms with Gasteiger partial charge in [0.2, 0.25) is 0 Å². The van der Waals surface area contributed by atoms with Crippen molar-refractivity contribution in [3.8, 4) is 17.2 Å². The van der Waals surface area contributed by atoms with Crippen molar-refractivity contribution in [3.63, 3.8) is 0 Å². The maximum absolute atomic E-state index is 13.5. The minimum Gasteiger partial charge on any atom is -0.504 e. The third-order valence-corrected chi connectivity index (χ3v) is 4.06. The summed E-state index contributed by atoms with van der Waals surface area (Å²) in [7, 11) is 1.48. The molecular formula is C19H15FN6O2. The van der Waals surface area contributed by atoms with Gasteiger partial charge in [-0.3, -0.25) is 0 Å². The summed E-state index contributed by atoms with van der Waals surface area (Å²) >= 11 is 0. The van der Waals surface area contributed by atoms with Crippen LogP contribution in [0.4, 0.5) is 10.2 Å². The number of aromatic nitrogens is 4. The smallest absolute Gasteiger partial charge is 0.188 e. The largest absolute Gasteiger partial charge is 0.504 e. The monoisotopic (exact) mass is 378 g/mol. The van der Waals surface area contributed by atoms with Gasteiger partial charge >= 0.3 is 0 Å². The summed E-state index contributed by atoms with van der Waals surface area (Å²) in [6.45, 7) is 0.278. The highest BCUT2D eigenvalue weighted by Crippen LogP contribution is 2.27. The van der Waals surface area contributed by atoms with Crippen LogP contribution >= 0.6 is 0 Å². The van der Waals surface area contributed by atoms with E-state index in [1.807, 2.05) is 0 Å². The van der Waals surface area contributed by atoms with Gasteiger partial charge in [-0.1, -0.05) is 12.1 Å². The molecule has 4 rings (SSSR count). The molecule has 0 fully saturated rings. The Hall–Kier alpha value is -3.88. The molecule has 2 heterocycles. The molecule has 28 heavy (non-hydrogen) atoms. The number of rotatable bonds is 5. The fraction of sp³-hybridized carbons (Fsp3) is 0.105. The molecule has 8 nitrogen and oxygen atoms in total. The summed E-state index contributed by atoms with van der Waals surface area (Å²) in [4.78, 5) is 8.37. The highest BCUT2D eigenvalue weighted by molar-refractivity contribution is 5.85. The number of fused-ring (bicyclic) bond motifs is 1. The summed E-state index contributed by atoms with van der Waals surface area (Å²) in [6.07, 6.45) is 2.93. The molecule has 1 N–H and O–H groups in total. The van der Waals surface area contributed by atoms with E-state index in [-0.39, 0.29) is 18.1 Å². The van der Waals surface area contributed by atoms with Crippen LogP contribution in [-0.2, 0) is 6.54 Å². The number of nitrogens with zero attached hydrogens (tertiary/aromatic N) is 6. The highest BCUT2D eigenvalue weighted by atomic mass is 19.1. The van der Waals surface area contributed by atoms with Gasteiger partial charge in [-0.25, -0.2) is 19.0 Å². The lowest BCUT2D eigenvalue weighted by Gasteiger charge is -2.04. The van der Waals surface area contributed by atoms with E-state index in [2.05, 4.69) is 25.3 Å². The molecule has 0 aliphatic carbocycles. The number of azo groups is 1. The van der Waals surface area contributed by atoms with E-state index in [4.69, 9.17) is 4.74 Å². The predicted molar refractivity (Wildman–Crippen MR) is 99.5 cm³/mol.